The summed E-state index contributed by atoms with van der Waals surface area (Å²) >= 11 is 1.44. The molecule has 1 aliphatic carbocycles. The lowest BCUT2D eigenvalue weighted by molar-refractivity contribution is 0.0894. The lowest BCUT2D eigenvalue weighted by atomic mass is 10.00. The molecular weight excluding hydrogens is 373 g/mol. The summed E-state index contributed by atoms with van der Waals surface area (Å²) in [4.78, 5) is 21.0. The highest BCUT2D eigenvalue weighted by Crippen LogP contribution is 2.38. The Morgan fingerprint density at radius 1 is 1.18 bits per heavy atom. The third kappa shape index (κ3) is 3.20. The fraction of sp³-hybridized carbons (Fsp3) is 0.364. The molecule has 3 aromatic rings. The largest absolute Gasteiger partial charge is 0.349 e. The molecule has 0 radical (unpaired) electrons. The van der Waals surface area contributed by atoms with Crippen molar-refractivity contribution in [3.8, 4) is 0 Å². The number of carbonyl (C=O) groups excluding carboxylic acids is 1. The van der Waals surface area contributed by atoms with Crippen LogP contribution in [0, 0.1) is 5.82 Å². The Labute approximate surface area is 167 Å². The number of hydrogen-bond acceptors (Lipinski definition) is 4. The van der Waals surface area contributed by atoms with Crippen molar-refractivity contribution in [3.05, 3.63) is 64.4 Å². The predicted octanol–water partition coefficient (Wildman–Crippen LogP) is 4.32. The zero-order chi connectivity index (χ0) is 19.1. The number of aromatic nitrogens is 1. The van der Waals surface area contributed by atoms with Crippen LogP contribution in [0.25, 0.3) is 10.2 Å². The molecule has 4 nitrogen and oxygen atoms in total. The smallest absolute Gasteiger partial charge is 0.261 e. The third-order valence-electron chi connectivity index (χ3n) is 6.01. The highest BCUT2D eigenvalue weighted by molar-refractivity contribution is 7.20. The summed E-state index contributed by atoms with van der Waals surface area (Å²) < 4.78 is 14.0. The molecule has 0 spiro atoms. The van der Waals surface area contributed by atoms with Crippen molar-refractivity contribution >= 4 is 27.5 Å². The average Bonchev–Trinajstić information content (AvgIpc) is 3.34. The highest BCUT2D eigenvalue weighted by atomic mass is 32.1. The molecule has 1 amide bonds. The second-order valence-corrected chi connectivity index (χ2v) is 8.68. The number of amides is 1. The number of fused-ring (bicyclic) bond motifs is 2. The van der Waals surface area contributed by atoms with Crippen LogP contribution in [0.15, 0.2) is 42.6 Å². The number of halogens is 1. The Morgan fingerprint density at radius 3 is 2.86 bits per heavy atom. The highest BCUT2D eigenvalue weighted by Gasteiger charge is 2.32. The van der Waals surface area contributed by atoms with Crippen molar-refractivity contribution in [2.45, 2.75) is 37.8 Å². The predicted molar refractivity (Wildman–Crippen MR) is 109 cm³/mol. The van der Waals surface area contributed by atoms with Crippen molar-refractivity contribution < 1.29 is 9.18 Å². The van der Waals surface area contributed by atoms with Crippen LogP contribution in [0.1, 0.15) is 46.1 Å². The molecule has 3 heterocycles. The van der Waals surface area contributed by atoms with E-state index in [0.717, 1.165) is 65.0 Å². The van der Waals surface area contributed by atoms with E-state index < -0.39 is 0 Å². The second-order valence-electron chi connectivity index (χ2n) is 7.65. The second kappa shape index (κ2) is 7.26. The van der Waals surface area contributed by atoms with Crippen molar-refractivity contribution in [1.29, 1.82) is 0 Å². The number of nitrogens with one attached hydrogen (secondary N) is 1. The molecule has 1 saturated heterocycles. The SMILES string of the molecule is O=C(NC1CCN(C2CCc3c(F)cccc32)CC1)c1cc2cccnc2s1. The summed E-state index contributed by atoms with van der Waals surface area (Å²) in [6.45, 7) is 1.86. The van der Waals surface area contributed by atoms with Gasteiger partial charge in [-0.1, -0.05) is 18.2 Å². The van der Waals surface area contributed by atoms with Gasteiger partial charge in [0.25, 0.3) is 5.91 Å². The van der Waals surface area contributed by atoms with Gasteiger partial charge in [0, 0.05) is 36.8 Å². The Hall–Kier alpha value is -2.31. The van der Waals surface area contributed by atoms with Crippen molar-refractivity contribution in [1.82, 2.24) is 15.2 Å². The number of hydrogen-bond donors (Lipinski definition) is 1. The van der Waals surface area contributed by atoms with Gasteiger partial charge in [0.15, 0.2) is 0 Å². The minimum Gasteiger partial charge on any atom is -0.349 e. The molecule has 1 unspecified atom stereocenters. The maximum Gasteiger partial charge on any atom is 0.261 e. The Balaban J connectivity index is 1.21. The molecule has 1 N–H and O–H groups in total. The monoisotopic (exact) mass is 395 g/mol. The van der Waals surface area contributed by atoms with Crippen molar-refractivity contribution in [2.24, 2.45) is 0 Å². The summed E-state index contributed by atoms with van der Waals surface area (Å²) in [5.74, 6) is -0.0743. The van der Waals surface area contributed by atoms with Gasteiger partial charge < -0.3 is 5.32 Å². The van der Waals surface area contributed by atoms with Crippen LogP contribution in [-0.4, -0.2) is 34.9 Å². The molecule has 0 bridgehead atoms. The maximum absolute atomic E-state index is 14.0. The fourth-order valence-corrected chi connectivity index (χ4v) is 5.47. The Kier molecular flexibility index (Phi) is 4.61. The van der Waals surface area contributed by atoms with Crippen molar-refractivity contribution in [3.63, 3.8) is 0 Å². The van der Waals surface area contributed by atoms with Crippen LogP contribution in [0.3, 0.4) is 0 Å². The molecule has 5 rings (SSSR count). The van der Waals surface area contributed by atoms with Gasteiger partial charge in [-0.3, -0.25) is 9.69 Å². The number of benzene rings is 1. The maximum atomic E-state index is 14.0. The van der Waals surface area contributed by atoms with Crippen LogP contribution in [0.2, 0.25) is 0 Å². The molecule has 1 aromatic carbocycles. The van der Waals surface area contributed by atoms with E-state index in [1.807, 2.05) is 24.3 Å². The van der Waals surface area contributed by atoms with Crippen molar-refractivity contribution in [2.75, 3.05) is 13.1 Å². The Morgan fingerprint density at radius 2 is 2.04 bits per heavy atom. The van der Waals surface area contributed by atoms with Gasteiger partial charge in [-0.25, -0.2) is 9.37 Å². The molecule has 2 aromatic heterocycles. The molecule has 1 atom stereocenters. The molecule has 0 saturated carbocycles. The van der Waals surface area contributed by atoms with E-state index >= 15 is 0 Å². The third-order valence-corrected chi connectivity index (χ3v) is 7.06. The van der Waals surface area contributed by atoms with Crippen LogP contribution in [-0.2, 0) is 6.42 Å². The molecule has 1 fully saturated rings. The lowest BCUT2D eigenvalue weighted by Crippen LogP contribution is -2.45. The van der Waals surface area contributed by atoms with Gasteiger partial charge in [0.1, 0.15) is 10.6 Å². The molecule has 6 heteroatoms. The number of likely N-dealkylation sites (tertiary alicyclic amines) is 1. The van der Waals surface area contributed by atoms with Gasteiger partial charge in [-0.15, -0.1) is 11.3 Å². The minimum atomic E-state index is -0.0695. The number of nitrogens with zero attached hydrogens (tertiary/aromatic N) is 2. The van der Waals surface area contributed by atoms with Crippen LogP contribution < -0.4 is 5.32 Å². The average molecular weight is 396 g/mol. The van der Waals surface area contributed by atoms with Gasteiger partial charge >= 0.3 is 0 Å². The van der Waals surface area contributed by atoms with Gasteiger partial charge in [-0.05, 0) is 55.0 Å². The number of carbonyl (C=O) groups is 1. The summed E-state index contributed by atoms with van der Waals surface area (Å²) in [6.07, 6.45) is 5.42. The summed E-state index contributed by atoms with van der Waals surface area (Å²) in [7, 11) is 0. The molecule has 2 aliphatic rings. The summed E-state index contributed by atoms with van der Waals surface area (Å²) in [6, 6.07) is 11.7. The molecule has 28 heavy (non-hydrogen) atoms. The number of thiophene rings is 1. The summed E-state index contributed by atoms with van der Waals surface area (Å²) in [5.41, 5.74) is 2.04. The van der Waals surface area contributed by atoms with Crippen LogP contribution >= 0.6 is 11.3 Å². The van der Waals surface area contributed by atoms with E-state index in [1.165, 1.54) is 11.3 Å². The van der Waals surface area contributed by atoms with Gasteiger partial charge in [0.05, 0.1) is 4.88 Å². The fourth-order valence-electron chi connectivity index (χ4n) is 4.56. The summed E-state index contributed by atoms with van der Waals surface area (Å²) in [5, 5.41) is 4.21. The normalized spacial score (nSPS) is 20.4. The zero-order valence-electron chi connectivity index (χ0n) is 15.5. The van der Waals surface area contributed by atoms with E-state index in [4.69, 9.17) is 0 Å². The van der Waals surface area contributed by atoms with E-state index in [9.17, 15) is 9.18 Å². The first kappa shape index (κ1) is 17.8. The van der Waals surface area contributed by atoms with Gasteiger partial charge in [-0.2, -0.15) is 0 Å². The number of piperidine rings is 1. The lowest BCUT2D eigenvalue weighted by Gasteiger charge is -2.36. The first-order chi connectivity index (χ1) is 13.7. The Bertz CT molecular complexity index is 993. The number of rotatable bonds is 3. The number of pyridine rings is 1. The van der Waals surface area contributed by atoms with E-state index in [1.54, 1.807) is 12.3 Å². The van der Waals surface area contributed by atoms with E-state index in [0.29, 0.717) is 6.04 Å². The zero-order valence-corrected chi connectivity index (χ0v) is 16.3. The van der Waals surface area contributed by atoms with Crippen LogP contribution in [0.4, 0.5) is 4.39 Å². The minimum absolute atomic E-state index is 0.00488. The molecular formula is C22H22FN3OS. The van der Waals surface area contributed by atoms with E-state index in [-0.39, 0.29) is 17.8 Å². The quantitative estimate of drug-likeness (QED) is 0.719. The molecule has 1 aliphatic heterocycles. The molecule has 144 valence electrons. The topological polar surface area (TPSA) is 45.2 Å². The first-order valence-electron chi connectivity index (χ1n) is 9.86. The standard InChI is InChI=1S/C22H22FN3OS/c23-18-5-1-4-17-16(18)6-7-19(17)26-11-8-15(9-12-26)25-21(27)20-13-14-3-2-10-24-22(14)28-20/h1-5,10,13,15,19H,6-9,11-12H2,(H,25,27). The van der Waals surface area contributed by atoms with E-state index in [2.05, 4.69) is 21.3 Å². The van der Waals surface area contributed by atoms with Crippen LogP contribution in [0.5, 0.6) is 0 Å². The van der Waals surface area contributed by atoms with Gasteiger partial charge in [0.2, 0.25) is 0 Å². The first-order valence-corrected chi connectivity index (χ1v) is 10.7.